The van der Waals surface area contributed by atoms with Gasteiger partial charge in [0.15, 0.2) is 0 Å². The molecule has 0 unspecified atom stereocenters. The monoisotopic (exact) mass is 141 g/mol. The summed E-state index contributed by atoms with van der Waals surface area (Å²) in [6.07, 6.45) is 4.11. The van der Waals surface area contributed by atoms with Crippen LogP contribution in [0.1, 0.15) is 26.2 Å². The van der Waals surface area contributed by atoms with Crippen molar-refractivity contribution in [2.45, 2.75) is 38.3 Å². The summed E-state index contributed by atoms with van der Waals surface area (Å²) in [5, 5.41) is 0. The first-order valence-corrected chi connectivity index (χ1v) is 4.21. The predicted octanol–water partition coefficient (Wildman–Crippen LogP) is 1.22. The van der Waals surface area contributed by atoms with E-state index in [2.05, 4.69) is 11.8 Å². The fourth-order valence-corrected chi connectivity index (χ4v) is 2.05. The Morgan fingerprint density at radius 2 is 2.30 bits per heavy atom. The average Bonchev–Trinajstić information content (AvgIpc) is 2.36. The molecule has 0 aromatic rings. The zero-order chi connectivity index (χ0) is 6.97. The number of hydrogen-bond donors (Lipinski definition) is 0. The summed E-state index contributed by atoms with van der Waals surface area (Å²) in [4.78, 5) is 2.49. The lowest BCUT2D eigenvalue weighted by Crippen LogP contribution is -2.41. The molecular formula is C8H15NO. The molecule has 0 amide bonds. The molecule has 2 rings (SSSR count). The SMILES string of the molecule is C[C@H]1CCC[C@H]2COCN21. The molecule has 2 heterocycles. The van der Waals surface area contributed by atoms with Crippen molar-refractivity contribution in [1.82, 2.24) is 4.90 Å². The van der Waals surface area contributed by atoms with Gasteiger partial charge in [0.05, 0.1) is 13.3 Å². The Bertz CT molecular complexity index is 126. The van der Waals surface area contributed by atoms with Crippen molar-refractivity contribution in [2.75, 3.05) is 13.3 Å². The number of ether oxygens (including phenoxy) is 1. The molecule has 2 atom stereocenters. The Hall–Kier alpha value is -0.0800. The van der Waals surface area contributed by atoms with Crippen LogP contribution in [0.5, 0.6) is 0 Å². The second kappa shape index (κ2) is 2.51. The van der Waals surface area contributed by atoms with Crippen LogP contribution in [0.3, 0.4) is 0 Å². The Balaban J connectivity index is 2.03. The van der Waals surface area contributed by atoms with E-state index in [1.54, 1.807) is 0 Å². The molecule has 0 spiro atoms. The Morgan fingerprint density at radius 1 is 1.40 bits per heavy atom. The molecule has 2 nitrogen and oxygen atoms in total. The highest BCUT2D eigenvalue weighted by Gasteiger charge is 2.31. The second-order valence-corrected chi connectivity index (χ2v) is 3.45. The highest BCUT2D eigenvalue weighted by atomic mass is 16.5. The van der Waals surface area contributed by atoms with Crippen LogP contribution in [0.15, 0.2) is 0 Å². The lowest BCUT2D eigenvalue weighted by Gasteiger charge is -2.33. The number of hydrogen-bond acceptors (Lipinski definition) is 2. The van der Waals surface area contributed by atoms with Crippen molar-refractivity contribution >= 4 is 0 Å². The molecule has 0 aliphatic carbocycles. The van der Waals surface area contributed by atoms with Gasteiger partial charge in [-0.2, -0.15) is 0 Å². The van der Waals surface area contributed by atoms with Crippen LogP contribution in [0.4, 0.5) is 0 Å². The molecule has 0 bridgehead atoms. The molecule has 0 radical (unpaired) electrons. The van der Waals surface area contributed by atoms with Crippen LogP contribution < -0.4 is 0 Å². The van der Waals surface area contributed by atoms with Crippen LogP contribution in [-0.2, 0) is 4.74 Å². The molecule has 58 valence electrons. The van der Waals surface area contributed by atoms with Crippen molar-refractivity contribution in [1.29, 1.82) is 0 Å². The van der Waals surface area contributed by atoms with E-state index in [0.717, 1.165) is 25.4 Å². The first-order valence-electron chi connectivity index (χ1n) is 4.21. The summed E-state index contributed by atoms with van der Waals surface area (Å²) in [5.41, 5.74) is 0. The third kappa shape index (κ3) is 0.956. The summed E-state index contributed by atoms with van der Waals surface area (Å²) < 4.78 is 5.39. The largest absolute Gasteiger partial charge is 0.364 e. The molecule has 2 fully saturated rings. The molecule has 2 aliphatic rings. The quantitative estimate of drug-likeness (QED) is 0.503. The van der Waals surface area contributed by atoms with Crippen LogP contribution >= 0.6 is 0 Å². The average molecular weight is 141 g/mol. The molecule has 0 saturated carbocycles. The molecular weight excluding hydrogens is 126 g/mol. The highest BCUT2D eigenvalue weighted by Crippen LogP contribution is 2.26. The molecule has 2 heteroatoms. The number of rotatable bonds is 0. The minimum absolute atomic E-state index is 0.753. The van der Waals surface area contributed by atoms with Gasteiger partial charge < -0.3 is 4.74 Å². The minimum Gasteiger partial charge on any atom is -0.364 e. The van der Waals surface area contributed by atoms with E-state index < -0.39 is 0 Å². The van der Waals surface area contributed by atoms with Crippen LogP contribution in [-0.4, -0.2) is 30.3 Å². The standard InChI is InChI=1S/C8H15NO/c1-7-3-2-4-8-5-10-6-9(7)8/h7-8H,2-6H2,1H3/t7-,8-/m0/s1. The van der Waals surface area contributed by atoms with Gasteiger partial charge in [-0.25, -0.2) is 0 Å². The summed E-state index contributed by atoms with van der Waals surface area (Å²) in [7, 11) is 0. The minimum atomic E-state index is 0.753. The van der Waals surface area contributed by atoms with Crippen LogP contribution in [0, 0.1) is 0 Å². The maximum Gasteiger partial charge on any atom is 0.0996 e. The second-order valence-electron chi connectivity index (χ2n) is 3.45. The Morgan fingerprint density at radius 3 is 3.10 bits per heavy atom. The normalized spacial score (nSPS) is 41.7. The Kier molecular flexibility index (Phi) is 1.66. The number of piperidine rings is 1. The van der Waals surface area contributed by atoms with Gasteiger partial charge in [-0.05, 0) is 19.8 Å². The Labute approximate surface area is 62.2 Å². The van der Waals surface area contributed by atoms with E-state index >= 15 is 0 Å². The van der Waals surface area contributed by atoms with E-state index in [0.29, 0.717) is 0 Å². The van der Waals surface area contributed by atoms with Crippen LogP contribution in [0.2, 0.25) is 0 Å². The maximum absolute atomic E-state index is 5.39. The lowest BCUT2D eigenvalue weighted by molar-refractivity contribution is 0.0925. The third-order valence-electron chi connectivity index (χ3n) is 2.75. The van der Waals surface area contributed by atoms with E-state index in [1.165, 1.54) is 19.3 Å². The van der Waals surface area contributed by atoms with Gasteiger partial charge in [0.25, 0.3) is 0 Å². The molecule has 0 N–H and O–H groups in total. The van der Waals surface area contributed by atoms with E-state index in [1.807, 2.05) is 0 Å². The van der Waals surface area contributed by atoms with Crippen molar-refractivity contribution < 1.29 is 4.74 Å². The summed E-state index contributed by atoms with van der Waals surface area (Å²) in [6, 6.07) is 1.52. The van der Waals surface area contributed by atoms with E-state index in [9.17, 15) is 0 Å². The molecule has 2 aliphatic heterocycles. The van der Waals surface area contributed by atoms with E-state index in [4.69, 9.17) is 4.74 Å². The first-order chi connectivity index (χ1) is 4.88. The van der Waals surface area contributed by atoms with Gasteiger partial charge in [0.2, 0.25) is 0 Å². The van der Waals surface area contributed by atoms with Gasteiger partial charge in [-0.3, -0.25) is 4.90 Å². The van der Waals surface area contributed by atoms with Crippen molar-refractivity contribution in [3.05, 3.63) is 0 Å². The van der Waals surface area contributed by atoms with Gasteiger partial charge >= 0.3 is 0 Å². The van der Waals surface area contributed by atoms with Crippen molar-refractivity contribution in [3.8, 4) is 0 Å². The molecule has 0 aromatic heterocycles. The van der Waals surface area contributed by atoms with Gasteiger partial charge in [0.1, 0.15) is 0 Å². The van der Waals surface area contributed by atoms with Gasteiger partial charge in [-0.15, -0.1) is 0 Å². The summed E-state index contributed by atoms with van der Waals surface area (Å²) in [5.74, 6) is 0. The molecule has 0 aromatic carbocycles. The molecule has 2 saturated heterocycles. The van der Waals surface area contributed by atoms with Crippen molar-refractivity contribution in [2.24, 2.45) is 0 Å². The van der Waals surface area contributed by atoms with Crippen molar-refractivity contribution in [3.63, 3.8) is 0 Å². The van der Waals surface area contributed by atoms with Gasteiger partial charge in [0, 0.05) is 12.1 Å². The van der Waals surface area contributed by atoms with Gasteiger partial charge in [-0.1, -0.05) is 6.42 Å². The van der Waals surface area contributed by atoms with E-state index in [-0.39, 0.29) is 0 Å². The topological polar surface area (TPSA) is 12.5 Å². The number of nitrogens with zero attached hydrogens (tertiary/aromatic N) is 1. The summed E-state index contributed by atoms with van der Waals surface area (Å²) >= 11 is 0. The smallest absolute Gasteiger partial charge is 0.0996 e. The zero-order valence-electron chi connectivity index (χ0n) is 6.55. The fourth-order valence-electron chi connectivity index (χ4n) is 2.05. The first kappa shape index (κ1) is 6.62. The lowest BCUT2D eigenvalue weighted by atomic mass is 9.99. The maximum atomic E-state index is 5.39. The third-order valence-corrected chi connectivity index (χ3v) is 2.75. The van der Waals surface area contributed by atoms with Crippen LogP contribution in [0.25, 0.3) is 0 Å². The summed E-state index contributed by atoms with van der Waals surface area (Å²) in [6.45, 7) is 4.16. The number of fused-ring (bicyclic) bond motifs is 1. The molecule has 10 heavy (non-hydrogen) atoms. The fraction of sp³-hybridized carbons (Fsp3) is 1.00. The predicted molar refractivity (Wildman–Crippen MR) is 39.8 cm³/mol. The highest BCUT2D eigenvalue weighted by molar-refractivity contribution is 4.83. The zero-order valence-corrected chi connectivity index (χ0v) is 6.55.